The number of carbonyl (C=O) groups is 1. The van der Waals surface area contributed by atoms with Crippen molar-refractivity contribution in [3.05, 3.63) is 117 Å². The molecule has 3 aromatic carbocycles. The fourth-order valence-electron chi connectivity index (χ4n) is 3.49. The number of nitrogens with one attached hydrogen (secondary N) is 1. The van der Waals surface area contributed by atoms with E-state index in [4.69, 9.17) is 39.5 Å². The van der Waals surface area contributed by atoms with Gasteiger partial charge in [0, 0.05) is 20.8 Å². The molecule has 1 aromatic heterocycles. The number of anilines is 1. The lowest BCUT2D eigenvalue weighted by Crippen LogP contribution is -3.00. The summed E-state index contributed by atoms with van der Waals surface area (Å²) in [5.74, 6) is -0.576. The number of carbonyl (C=O) groups excluding carboxylic acids is 1. The Morgan fingerprint density at radius 1 is 1.00 bits per heavy atom. The first-order valence-corrected chi connectivity index (χ1v) is 11.9. The fourth-order valence-corrected chi connectivity index (χ4v) is 4.08. The van der Waals surface area contributed by atoms with Gasteiger partial charge in [-0.2, -0.15) is 0 Å². The molecule has 4 rings (SSSR count). The van der Waals surface area contributed by atoms with Crippen LogP contribution in [0.5, 0.6) is 0 Å². The topological polar surface area (TPSA) is 47.1 Å². The summed E-state index contributed by atoms with van der Waals surface area (Å²) in [6.45, 7) is 0.904. The van der Waals surface area contributed by atoms with E-state index in [9.17, 15) is 9.18 Å². The molecule has 10 heteroatoms. The van der Waals surface area contributed by atoms with Crippen molar-refractivity contribution in [1.29, 1.82) is 0 Å². The van der Waals surface area contributed by atoms with Crippen molar-refractivity contribution in [2.75, 3.05) is 5.32 Å². The number of ether oxygens (including phenoxy) is 1. The van der Waals surface area contributed by atoms with E-state index in [1.165, 1.54) is 24.3 Å². The maximum Gasteiger partial charge on any atom is 0.266 e. The number of halogens is 5. The molecule has 1 heterocycles. The van der Waals surface area contributed by atoms with Gasteiger partial charge in [-0.1, -0.05) is 53.0 Å². The second kappa shape index (κ2) is 13.1. The van der Waals surface area contributed by atoms with Crippen LogP contribution in [-0.4, -0.2) is 10.5 Å². The summed E-state index contributed by atoms with van der Waals surface area (Å²) in [7, 11) is 0. The van der Waals surface area contributed by atoms with Crippen molar-refractivity contribution in [2.24, 2.45) is 0 Å². The standard InChI is InChI=1S/C26H21Cl3FN3O2.ClH/c27-20-4-1-18(2-5-20)25(35-16-19-3-6-21(28)13-24(19)29)14-32-11-12-33(17-32)15-26(34)31-23-9-7-22(30)8-10-23;/h1-13,17,25H,14-16H2;1H. The number of benzene rings is 3. The van der Waals surface area contributed by atoms with Gasteiger partial charge in [-0.15, -0.1) is 0 Å². The Kier molecular flexibility index (Phi) is 10.2. The van der Waals surface area contributed by atoms with E-state index in [0.29, 0.717) is 33.9 Å². The number of hydrogen-bond acceptors (Lipinski definition) is 2. The Bertz CT molecular complexity index is 1300. The molecule has 188 valence electrons. The first-order valence-electron chi connectivity index (χ1n) is 10.8. The van der Waals surface area contributed by atoms with E-state index in [1.54, 1.807) is 22.9 Å². The van der Waals surface area contributed by atoms with E-state index in [-0.39, 0.29) is 36.8 Å². The predicted molar refractivity (Wildman–Crippen MR) is 135 cm³/mol. The summed E-state index contributed by atoms with van der Waals surface area (Å²) in [4.78, 5) is 12.4. The van der Waals surface area contributed by atoms with E-state index in [1.807, 2.05) is 47.4 Å². The van der Waals surface area contributed by atoms with Crippen LogP contribution in [0.15, 0.2) is 85.5 Å². The Morgan fingerprint density at radius 3 is 2.39 bits per heavy atom. The van der Waals surface area contributed by atoms with Crippen LogP contribution in [0.3, 0.4) is 0 Å². The summed E-state index contributed by atoms with van der Waals surface area (Å²) in [6, 6.07) is 18.4. The average molecular weight is 569 g/mol. The first-order chi connectivity index (χ1) is 16.9. The maximum absolute atomic E-state index is 13.1. The van der Waals surface area contributed by atoms with Crippen molar-refractivity contribution < 1.29 is 30.9 Å². The van der Waals surface area contributed by atoms with Crippen molar-refractivity contribution in [2.45, 2.75) is 25.8 Å². The quantitative estimate of drug-likeness (QED) is 0.314. The summed E-state index contributed by atoms with van der Waals surface area (Å²) in [5.41, 5.74) is 2.32. The minimum Gasteiger partial charge on any atom is -1.00 e. The van der Waals surface area contributed by atoms with Gasteiger partial charge in [0.05, 0.1) is 6.61 Å². The Morgan fingerprint density at radius 2 is 1.69 bits per heavy atom. The van der Waals surface area contributed by atoms with E-state index in [2.05, 4.69) is 5.32 Å². The van der Waals surface area contributed by atoms with Crippen molar-refractivity contribution in [3.8, 4) is 0 Å². The third-order valence-corrected chi connectivity index (χ3v) is 6.11. The van der Waals surface area contributed by atoms with E-state index < -0.39 is 0 Å². The second-order valence-electron chi connectivity index (χ2n) is 7.92. The normalized spacial score (nSPS) is 11.6. The zero-order chi connectivity index (χ0) is 24.8. The molecule has 1 amide bonds. The Balaban J connectivity index is 0.00000361. The lowest BCUT2D eigenvalue weighted by molar-refractivity contribution is -0.683. The monoisotopic (exact) mass is 567 g/mol. The van der Waals surface area contributed by atoms with Crippen LogP contribution in [0.2, 0.25) is 15.1 Å². The summed E-state index contributed by atoms with van der Waals surface area (Å²) >= 11 is 18.4. The molecule has 0 bridgehead atoms. The van der Waals surface area contributed by atoms with Crippen LogP contribution in [0.1, 0.15) is 17.2 Å². The zero-order valence-corrected chi connectivity index (χ0v) is 21.9. The van der Waals surface area contributed by atoms with Crippen LogP contribution in [0.25, 0.3) is 0 Å². The highest BCUT2D eigenvalue weighted by molar-refractivity contribution is 6.35. The van der Waals surface area contributed by atoms with Crippen molar-refractivity contribution in [3.63, 3.8) is 0 Å². The Hall–Kier alpha value is -2.61. The third-order valence-electron chi connectivity index (χ3n) is 5.27. The van der Waals surface area contributed by atoms with Gasteiger partial charge in [-0.05, 0) is 59.7 Å². The Labute approximate surface area is 229 Å². The van der Waals surface area contributed by atoms with Crippen LogP contribution in [0.4, 0.5) is 10.1 Å². The molecule has 36 heavy (non-hydrogen) atoms. The molecule has 1 unspecified atom stereocenters. The molecular weight excluding hydrogens is 547 g/mol. The zero-order valence-electron chi connectivity index (χ0n) is 18.9. The molecule has 0 radical (unpaired) electrons. The number of aromatic nitrogens is 2. The highest BCUT2D eigenvalue weighted by Crippen LogP contribution is 2.26. The summed E-state index contributed by atoms with van der Waals surface area (Å²) in [6.07, 6.45) is 5.20. The second-order valence-corrected chi connectivity index (χ2v) is 9.20. The van der Waals surface area contributed by atoms with Crippen molar-refractivity contribution in [1.82, 2.24) is 4.57 Å². The minimum absolute atomic E-state index is 0. The van der Waals surface area contributed by atoms with Gasteiger partial charge in [-0.3, -0.25) is 4.79 Å². The number of amides is 1. The first kappa shape index (κ1) is 28.0. The number of rotatable bonds is 9. The number of hydrogen-bond donors (Lipinski definition) is 1. The third kappa shape index (κ3) is 7.95. The summed E-state index contributed by atoms with van der Waals surface area (Å²) < 4.78 is 23.0. The summed E-state index contributed by atoms with van der Waals surface area (Å²) in [5, 5.41) is 4.49. The van der Waals surface area contributed by atoms with Gasteiger partial charge in [0.25, 0.3) is 5.91 Å². The molecule has 0 aliphatic rings. The molecule has 0 aliphatic heterocycles. The predicted octanol–water partition coefficient (Wildman–Crippen LogP) is 3.48. The SMILES string of the molecule is O=C(C[n+]1ccn(CC(OCc2ccc(Cl)cc2Cl)c2ccc(Cl)cc2)c1)Nc1ccc(F)cc1.[Cl-]. The minimum atomic E-state index is -0.356. The molecule has 5 nitrogen and oxygen atoms in total. The largest absolute Gasteiger partial charge is 1.00 e. The molecule has 0 saturated carbocycles. The molecule has 0 aliphatic carbocycles. The van der Waals surface area contributed by atoms with E-state index in [0.717, 1.165) is 11.1 Å². The molecular formula is C26H22Cl4FN3O2. The highest BCUT2D eigenvalue weighted by Gasteiger charge is 2.18. The lowest BCUT2D eigenvalue weighted by atomic mass is 10.1. The van der Waals surface area contributed by atoms with E-state index >= 15 is 0 Å². The molecule has 1 atom stereocenters. The van der Waals surface area contributed by atoms with Gasteiger partial charge in [-0.25, -0.2) is 13.5 Å². The average Bonchev–Trinajstić information content (AvgIpc) is 3.26. The molecule has 0 fully saturated rings. The smallest absolute Gasteiger partial charge is 0.266 e. The lowest BCUT2D eigenvalue weighted by Gasteiger charge is -2.17. The van der Waals surface area contributed by atoms with Crippen LogP contribution >= 0.6 is 34.8 Å². The molecule has 0 spiro atoms. The molecule has 0 saturated heterocycles. The van der Waals surface area contributed by atoms with Crippen LogP contribution in [0, 0.1) is 5.82 Å². The molecule has 1 N–H and O–H groups in total. The van der Waals surface area contributed by atoms with Crippen LogP contribution < -0.4 is 22.3 Å². The van der Waals surface area contributed by atoms with Gasteiger partial charge in [0.2, 0.25) is 6.33 Å². The van der Waals surface area contributed by atoms with Gasteiger partial charge in [0.15, 0.2) is 6.54 Å². The number of nitrogens with zero attached hydrogens (tertiary/aromatic N) is 2. The maximum atomic E-state index is 13.1. The molecule has 4 aromatic rings. The van der Waals surface area contributed by atoms with Gasteiger partial charge < -0.3 is 22.5 Å². The van der Waals surface area contributed by atoms with Crippen LogP contribution in [-0.2, 0) is 29.2 Å². The van der Waals surface area contributed by atoms with Gasteiger partial charge >= 0.3 is 0 Å². The number of imidazole rings is 1. The highest BCUT2D eigenvalue weighted by atomic mass is 35.5. The van der Waals surface area contributed by atoms with Crippen molar-refractivity contribution >= 4 is 46.4 Å². The van der Waals surface area contributed by atoms with Gasteiger partial charge in [0.1, 0.15) is 30.9 Å². The fraction of sp³-hybridized carbons (Fsp3) is 0.154.